The summed E-state index contributed by atoms with van der Waals surface area (Å²) in [5.41, 5.74) is 4.48. The van der Waals surface area contributed by atoms with Crippen LogP contribution in [0.5, 0.6) is 0 Å². The highest BCUT2D eigenvalue weighted by atomic mass is 79.9. The molecule has 4 nitrogen and oxygen atoms in total. The minimum atomic E-state index is -0.574. The summed E-state index contributed by atoms with van der Waals surface area (Å²) >= 11 is 5.11. The molecular formula is C32H37BrN2O2S. The van der Waals surface area contributed by atoms with Crippen LogP contribution in [0.15, 0.2) is 83.3 Å². The van der Waals surface area contributed by atoms with Crippen LogP contribution in [0.4, 0.5) is 0 Å². The number of amides is 2. The summed E-state index contributed by atoms with van der Waals surface area (Å²) in [7, 11) is 0. The van der Waals surface area contributed by atoms with E-state index in [2.05, 4.69) is 52.4 Å². The highest BCUT2D eigenvalue weighted by Crippen LogP contribution is 2.22. The van der Waals surface area contributed by atoms with Gasteiger partial charge in [0.05, 0.1) is 5.75 Å². The Morgan fingerprint density at radius 3 is 2.24 bits per heavy atom. The van der Waals surface area contributed by atoms with E-state index in [-0.39, 0.29) is 17.9 Å². The zero-order chi connectivity index (χ0) is 26.7. The molecule has 1 atom stereocenters. The van der Waals surface area contributed by atoms with Crippen molar-refractivity contribution in [3.63, 3.8) is 0 Å². The quantitative estimate of drug-likeness (QED) is 0.259. The van der Waals surface area contributed by atoms with Crippen LogP contribution < -0.4 is 5.32 Å². The number of carbonyl (C=O) groups is 2. The van der Waals surface area contributed by atoms with E-state index < -0.39 is 6.04 Å². The van der Waals surface area contributed by atoms with Gasteiger partial charge in [0, 0.05) is 29.2 Å². The molecule has 0 spiro atoms. The van der Waals surface area contributed by atoms with Crippen LogP contribution in [0.3, 0.4) is 0 Å². The Balaban J connectivity index is 1.55. The van der Waals surface area contributed by atoms with E-state index in [0.29, 0.717) is 18.7 Å². The zero-order valence-corrected chi connectivity index (χ0v) is 24.5. The van der Waals surface area contributed by atoms with Crippen molar-refractivity contribution >= 4 is 39.5 Å². The van der Waals surface area contributed by atoms with Crippen molar-refractivity contribution in [2.75, 3.05) is 5.75 Å². The summed E-state index contributed by atoms with van der Waals surface area (Å²) in [5.74, 6) is 1.03. The molecule has 0 bridgehead atoms. The number of halogens is 1. The molecule has 1 fully saturated rings. The molecule has 3 aromatic rings. The van der Waals surface area contributed by atoms with Crippen molar-refractivity contribution in [1.82, 2.24) is 10.2 Å². The predicted molar refractivity (Wildman–Crippen MR) is 161 cm³/mol. The summed E-state index contributed by atoms with van der Waals surface area (Å²) in [4.78, 5) is 29.4. The second-order valence-electron chi connectivity index (χ2n) is 10.2. The lowest BCUT2D eigenvalue weighted by Gasteiger charge is -2.33. The Morgan fingerprint density at radius 2 is 1.55 bits per heavy atom. The fourth-order valence-corrected chi connectivity index (χ4v) is 6.04. The highest BCUT2D eigenvalue weighted by Gasteiger charge is 2.31. The van der Waals surface area contributed by atoms with Gasteiger partial charge in [-0.3, -0.25) is 9.59 Å². The average Bonchev–Trinajstić information content (AvgIpc) is 2.94. The number of rotatable bonds is 11. The van der Waals surface area contributed by atoms with Gasteiger partial charge in [-0.1, -0.05) is 107 Å². The Kier molecular flexibility index (Phi) is 10.9. The molecule has 38 heavy (non-hydrogen) atoms. The maximum atomic E-state index is 13.8. The summed E-state index contributed by atoms with van der Waals surface area (Å²) in [6.07, 6.45) is 6.03. The topological polar surface area (TPSA) is 49.4 Å². The summed E-state index contributed by atoms with van der Waals surface area (Å²) in [6, 6.07) is 26.1. The highest BCUT2D eigenvalue weighted by molar-refractivity contribution is 9.10. The number of nitrogens with zero attached hydrogens (tertiary/aromatic N) is 1. The third-order valence-electron chi connectivity index (χ3n) is 7.10. The molecule has 0 saturated heterocycles. The fraction of sp³-hybridized carbons (Fsp3) is 0.375. The van der Waals surface area contributed by atoms with Gasteiger partial charge in [-0.15, -0.1) is 11.8 Å². The first-order chi connectivity index (χ1) is 18.5. The van der Waals surface area contributed by atoms with Crippen molar-refractivity contribution in [3.05, 3.63) is 106 Å². The van der Waals surface area contributed by atoms with Crippen molar-refractivity contribution in [3.8, 4) is 0 Å². The normalized spacial score (nSPS) is 14.6. The monoisotopic (exact) mass is 592 g/mol. The van der Waals surface area contributed by atoms with Crippen molar-refractivity contribution < 1.29 is 9.59 Å². The van der Waals surface area contributed by atoms with E-state index >= 15 is 0 Å². The van der Waals surface area contributed by atoms with Crippen LogP contribution in [0.1, 0.15) is 54.4 Å². The van der Waals surface area contributed by atoms with E-state index in [1.54, 1.807) is 16.7 Å². The second kappa shape index (κ2) is 14.5. The van der Waals surface area contributed by atoms with Gasteiger partial charge in [0.1, 0.15) is 6.04 Å². The zero-order valence-electron chi connectivity index (χ0n) is 22.1. The van der Waals surface area contributed by atoms with Gasteiger partial charge in [-0.05, 0) is 48.6 Å². The first-order valence-corrected chi connectivity index (χ1v) is 15.4. The lowest BCUT2D eigenvalue weighted by Crippen LogP contribution is -2.53. The lowest BCUT2D eigenvalue weighted by atomic mass is 9.94. The molecule has 2 amide bonds. The SMILES string of the molecule is Cc1ccc(CSCC(=O)N(Cc2ccc(Br)cc2)[C@@H](Cc2ccccc2)C(=O)NC2CCCCC2)cc1. The van der Waals surface area contributed by atoms with Crippen molar-refractivity contribution in [2.45, 2.75) is 69.8 Å². The van der Waals surface area contributed by atoms with Crippen molar-refractivity contribution in [1.29, 1.82) is 0 Å². The number of nitrogens with one attached hydrogen (secondary N) is 1. The Bertz CT molecular complexity index is 1160. The third kappa shape index (κ3) is 8.74. The molecule has 1 saturated carbocycles. The van der Waals surface area contributed by atoms with Crippen molar-refractivity contribution in [2.24, 2.45) is 0 Å². The summed E-state index contributed by atoms with van der Waals surface area (Å²) in [6.45, 7) is 2.47. The molecule has 0 aliphatic heterocycles. The van der Waals surface area contributed by atoms with Crippen LogP contribution in [0.25, 0.3) is 0 Å². The molecule has 0 heterocycles. The Hall–Kier alpha value is -2.57. The van der Waals surface area contributed by atoms with Gasteiger partial charge < -0.3 is 10.2 Å². The number of carbonyl (C=O) groups excluding carboxylic acids is 2. The first-order valence-electron chi connectivity index (χ1n) is 13.5. The number of aryl methyl sites for hydroxylation is 1. The predicted octanol–water partition coefficient (Wildman–Crippen LogP) is 7.08. The molecular weight excluding hydrogens is 556 g/mol. The molecule has 3 aromatic carbocycles. The number of thioether (sulfide) groups is 1. The Labute approximate surface area is 239 Å². The van der Waals surface area contributed by atoms with Gasteiger partial charge in [0.15, 0.2) is 0 Å². The molecule has 4 rings (SSSR count). The molecule has 0 radical (unpaired) electrons. The molecule has 200 valence electrons. The maximum Gasteiger partial charge on any atom is 0.243 e. The molecule has 1 N–H and O–H groups in total. The third-order valence-corrected chi connectivity index (χ3v) is 8.62. The van der Waals surface area contributed by atoms with Crippen LogP contribution in [0, 0.1) is 6.92 Å². The number of hydrogen-bond acceptors (Lipinski definition) is 3. The molecule has 1 aliphatic carbocycles. The van der Waals surface area contributed by atoms with Gasteiger partial charge in [-0.2, -0.15) is 0 Å². The van der Waals surface area contributed by atoms with E-state index in [0.717, 1.165) is 47.0 Å². The van der Waals surface area contributed by atoms with E-state index in [9.17, 15) is 9.59 Å². The van der Waals surface area contributed by atoms with Crippen LogP contribution in [-0.4, -0.2) is 34.6 Å². The van der Waals surface area contributed by atoms with Crippen LogP contribution in [0.2, 0.25) is 0 Å². The first kappa shape index (κ1) is 28.4. The standard InChI is InChI=1S/C32H37BrN2O2S/c1-24-12-14-27(15-13-24)22-38-23-31(36)35(21-26-16-18-28(33)19-17-26)30(20-25-8-4-2-5-9-25)32(37)34-29-10-6-3-7-11-29/h2,4-5,8-9,12-19,29-30H,3,6-7,10-11,20-23H2,1H3,(H,34,37)/t30-/m0/s1. The molecule has 0 aromatic heterocycles. The minimum absolute atomic E-state index is 0.00949. The molecule has 1 aliphatic rings. The maximum absolute atomic E-state index is 13.8. The largest absolute Gasteiger partial charge is 0.352 e. The minimum Gasteiger partial charge on any atom is -0.352 e. The van der Waals surface area contributed by atoms with E-state index in [1.165, 1.54) is 17.5 Å². The van der Waals surface area contributed by atoms with Crippen LogP contribution in [-0.2, 0) is 28.3 Å². The van der Waals surface area contributed by atoms with Gasteiger partial charge in [0.25, 0.3) is 0 Å². The second-order valence-corrected chi connectivity index (χ2v) is 12.1. The van der Waals surface area contributed by atoms with E-state index in [1.807, 2.05) is 54.6 Å². The number of benzene rings is 3. The number of hydrogen-bond donors (Lipinski definition) is 1. The fourth-order valence-electron chi connectivity index (χ4n) is 4.91. The van der Waals surface area contributed by atoms with E-state index in [4.69, 9.17) is 0 Å². The van der Waals surface area contributed by atoms with Gasteiger partial charge in [-0.25, -0.2) is 0 Å². The van der Waals surface area contributed by atoms with Gasteiger partial charge >= 0.3 is 0 Å². The summed E-state index contributed by atoms with van der Waals surface area (Å²) < 4.78 is 0.989. The Morgan fingerprint density at radius 1 is 0.895 bits per heavy atom. The smallest absolute Gasteiger partial charge is 0.243 e. The lowest BCUT2D eigenvalue weighted by molar-refractivity contribution is -0.139. The van der Waals surface area contributed by atoms with Crippen LogP contribution >= 0.6 is 27.7 Å². The summed E-state index contributed by atoms with van der Waals surface area (Å²) in [5, 5.41) is 3.31. The molecule has 6 heteroatoms. The average molecular weight is 594 g/mol. The van der Waals surface area contributed by atoms with Gasteiger partial charge in [0.2, 0.25) is 11.8 Å². The molecule has 0 unspecified atom stereocenters.